The SMILES string of the molecule is Cc1ccc(C)c2c1sc(=NC(=O)c1ccno1)n2C. The van der Waals surface area contributed by atoms with Crippen LogP contribution in [0.2, 0.25) is 0 Å². The lowest BCUT2D eigenvalue weighted by atomic mass is 10.1. The average molecular weight is 287 g/mol. The molecule has 0 atom stereocenters. The number of hydrogen-bond acceptors (Lipinski definition) is 4. The number of carbonyl (C=O) groups is 1. The van der Waals surface area contributed by atoms with Crippen LogP contribution in [-0.4, -0.2) is 15.6 Å². The van der Waals surface area contributed by atoms with Gasteiger partial charge in [0.25, 0.3) is 0 Å². The molecule has 0 N–H and O–H groups in total. The van der Waals surface area contributed by atoms with Gasteiger partial charge < -0.3 is 9.09 Å². The molecule has 20 heavy (non-hydrogen) atoms. The van der Waals surface area contributed by atoms with Crippen LogP contribution in [0.4, 0.5) is 0 Å². The minimum atomic E-state index is -0.417. The highest BCUT2D eigenvalue weighted by molar-refractivity contribution is 7.16. The first-order chi connectivity index (χ1) is 9.58. The maximum Gasteiger partial charge on any atom is 0.318 e. The van der Waals surface area contributed by atoms with Crippen LogP contribution >= 0.6 is 11.3 Å². The fraction of sp³-hybridized carbons (Fsp3) is 0.214. The normalized spacial score (nSPS) is 12.2. The molecule has 6 heteroatoms. The van der Waals surface area contributed by atoms with Crippen LogP contribution in [0.3, 0.4) is 0 Å². The summed E-state index contributed by atoms with van der Waals surface area (Å²) in [5.41, 5.74) is 3.46. The van der Waals surface area contributed by atoms with Gasteiger partial charge in [-0.25, -0.2) is 0 Å². The molecule has 0 saturated heterocycles. The molecule has 1 amide bonds. The van der Waals surface area contributed by atoms with E-state index in [1.165, 1.54) is 29.2 Å². The molecule has 102 valence electrons. The summed E-state index contributed by atoms with van der Waals surface area (Å²) in [6.07, 6.45) is 1.43. The standard InChI is InChI=1S/C14H13N3O2S/c1-8-4-5-9(2)12-11(8)17(3)14(20-12)16-13(18)10-6-7-15-19-10/h4-7H,1-3H3. The van der Waals surface area contributed by atoms with Crippen LogP contribution < -0.4 is 4.80 Å². The zero-order chi connectivity index (χ0) is 14.3. The Labute approximate surface area is 119 Å². The Hall–Kier alpha value is -2.21. The molecule has 3 rings (SSSR count). The Bertz CT molecular complexity index is 857. The van der Waals surface area contributed by atoms with E-state index in [1.807, 2.05) is 11.6 Å². The monoisotopic (exact) mass is 287 g/mol. The van der Waals surface area contributed by atoms with E-state index in [-0.39, 0.29) is 5.76 Å². The second kappa shape index (κ2) is 4.72. The molecule has 2 aromatic heterocycles. The van der Waals surface area contributed by atoms with Crippen LogP contribution in [0.15, 0.2) is 33.9 Å². The molecule has 0 aliphatic heterocycles. The summed E-state index contributed by atoms with van der Waals surface area (Å²) in [6.45, 7) is 4.11. The summed E-state index contributed by atoms with van der Waals surface area (Å²) in [6, 6.07) is 5.66. The van der Waals surface area contributed by atoms with E-state index in [1.54, 1.807) is 0 Å². The number of aryl methyl sites for hydroxylation is 3. The molecular formula is C14H13N3O2S. The number of fused-ring (bicyclic) bond motifs is 1. The van der Waals surface area contributed by atoms with E-state index in [0.29, 0.717) is 4.80 Å². The summed E-state index contributed by atoms with van der Waals surface area (Å²) in [7, 11) is 1.91. The van der Waals surface area contributed by atoms with Crippen molar-refractivity contribution < 1.29 is 9.32 Å². The van der Waals surface area contributed by atoms with Gasteiger partial charge in [0.1, 0.15) is 0 Å². The zero-order valence-corrected chi connectivity index (χ0v) is 12.2. The molecular weight excluding hydrogens is 274 g/mol. The third-order valence-corrected chi connectivity index (χ3v) is 4.46. The Morgan fingerprint density at radius 2 is 2.05 bits per heavy atom. The number of nitrogens with zero attached hydrogens (tertiary/aromatic N) is 3. The van der Waals surface area contributed by atoms with Crippen molar-refractivity contribution in [2.75, 3.05) is 0 Å². The number of carbonyl (C=O) groups excluding carboxylic acids is 1. The number of hydrogen-bond donors (Lipinski definition) is 0. The predicted molar refractivity (Wildman–Crippen MR) is 76.7 cm³/mol. The van der Waals surface area contributed by atoms with Crippen LogP contribution in [0.5, 0.6) is 0 Å². The highest BCUT2D eigenvalue weighted by Crippen LogP contribution is 2.24. The number of thiazole rings is 1. The van der Waals surface area contributed by atoms with Crippen molar-refractivity contribution >= 4 is 27.5 Å². The van der Waals surface area contributed by atoms with Gasteiger partial charge in [-0.3, -0.25) is 4.79 Å². The lowest BCUT2D eigenvalue weighted by molar-refractivity contribution is 0.0962. The molecule has 3 aromatic rings. The zero-order valence-electron chi connectivity index (χ0n) is 11.4. The van der Waals surface area contributed by atoms with E-state index >= 15 is 0 Å². The van der Waals surface area contributed by atoms with Crippen molar-refractivity contribution in [1.29, 1.82) is 0 Å². The van der Waals surface area contributed by atoms with Crippen LogP contribution in [-0.2, 0) is 7.05 Å². The summed E-state index contributed by atoms with van der Waals surface area (Å²) >= 11 is 1.50. The van der Waals surface area contributed by atoms with Gasteiger partial charge in [-0.05, 0) is 25.0 Å². The van der Waals surface area contributed by atoms with E-state index in [2.05, 4.69) is 36.1 Å². The van der Waals surface area contributed by atoms with Gasteiger partial charge in [0.05, 0.1) is 16.4 Å². The van der Waals surface area contributed by atoms with Crippen molar-refractivity contribution in [2.24, 2.45) is 12.0 Å². The topological polar surface area (TPSA) is 60.4 Å². The van der Waals surface area contributed by atoms with Crippen molar-refractivity contribution in [3.8, 4) is 0 Å². The number of benzene rings is 1. The molecule has 5 nitrogen and oxygen atoms in total. The van der Waals surface area contributed by atoms with Crippen molar-refractivity contribution in [3.05, 3.63) is 46.1 Å². The summed E-state index contributed by atoms with van der Waals surface area (Å²) < 4.78 is 7.92. The molecule has 2 heterocycles. The van der Waals surface area contributed by atoms with Gasteiger partial charge in [-0.15, -0.1) is 0 Å². The summed E-state index contributed by atoms with van der Waals surface area (Å²) in [4.78, 5) is 16.7. The molecule has 0 saturated carbocycles. The molecule has 0 bridgehead atoms. The molecule has 1 aromatic carbocycles. The first kappa shape index (κ1) is 12.8. The number of aromatic nitrogens is 2. The van der Waals surface area contributed by atoms with E-state index in [9.17, 15) is 4.79 Å². The lowest BCUT2D eigenvalue weighted by Gasteiger charge is -2.01. The maximum absolute atomic E-state index is 12.0. The van der Waals surface area contributed by atoms with Gasteiger partial charge in [0, 0.05) is 13.1 Å². The van der Waals surface area contributed by atoms with Crippen molar-refractivity contribution in [2.45, 2.75) is 13.8 Å². The molecule has 0 spiro atoms. The third kappa shape index (κ3) is 1.98. The van der Waals surface area contributed by atoms with E-state index in [4.69, 9.17) is 4.52 Å². The Morgan fingerprint density at radius 1 is 1.30 bits per heavy atom. The molecule has 0 radical (unpaired) electrons. The highest BCUT2D eigenvalue weighted by atomic mass is 32.1. The minimum Gasteiger partial charge on any atom is -0.351 e. The van der Waals surface area contributed by atoms with Crippen LogP contribution in [0, 0.1) is 13.8 Å². The summed E-state index contributed by atoms with van der Waals surface area (Å²) in [5.74, 6) is -0.268. The predicted octanol–water partition coefficient (Wildman–Crippen LogP) is 2.59. The van der Waals surface area contributed by atoms with Gasteiger partial charge in [-0.2, -0.15) is 4.99 Å². The van der Waals surface area contributed by atoms with Crippen LogP contribution in [0.25, 0.3) is 10.2 Å². The Morgan fingerprint density at radius 3 is 2.70 bits per heavy atom. The molecule has 0 fully saturated rings. The quantitative estimate of drug-likeness (QED) is 0.691. The first-order valence-electron chi connectivity index (χ1n) is 6.13. The van der Waals surface area contributed by atoms with Crippen molar-refractivity contribution in [1.82, 2.24) is 9.72 Å². The minimum absolute atomic E-state index is 0.149. The fourth-order valence-corrected chi connectivity index (χ4v) is 3.30. The highest BCUT2D eigenvalue weighted by Gasteiger charge is 2.12. The molecule has 0 aliphatic carbocycles. The lowest BCUT2D eigenvalue weighted by Crippen LogP contribution is -2.13. The second-order valence-corrected chi connectivity index (χ2v) is 5.59. The van der Waals surface area contributed by atoms with Gasteiger partial charge >= 0.3 is 5.91 Å². The van der Waals surface area contributed by atoms with Gasteiger partial charge in [0.15, 0.2) is 4.80 Å². The number of amides is 1. The average Bonchev–Trinajstić information content (AvgIpc) is 3.04. The maximum atomic E-state index is 12.0. The van der Waals surface area contributed by atoms with E-state index < -0.39 is 5.91 Å². The molecule has 0 aliphatic rings. The fourth-order valence-electron chi connectivity index (χ4n) is 2.14. The first-order valence-corrected chi connectivity index (χ1v) is 6.95. The smallest absolute Gasteiger partial charge is 0.318 e. The third-order valence-electron chi connectivity index (χ3n) is 3.19. The van der Waals surface area contributed by atoms with Crippen LogP contribution in [0.1, 0.15) is 21.7 Å². The Kier molecular flexibility index (Phi) is 3.02. The largest absolute Gasteiger partial charge is 0.351 e. The van der Waals surface area contributed by atoms with Gasteiger partial charge in [-0.1, -0.05) is 28.6 Å². The van der Waals surface area contributed by atoms with Gasteiger partial charge in [0.2, 0.25) is 5.76 Å². The second-order valence-electron chi connectivity index (χ2n) is 4.61. The Balaban J connectivity index is 2.23. The number of rotatable bonds is 1. The summed E-state index contributed by atoms with van der Waals surface area (Å²) in [5, 5.41) is 3.52. The van der Waals surface area contributed by atoms with Crippen molar-refractivity contribution in [3.63, 3.8) is 0 Å². The van der Waals surface area contributed by atoms with E-state index in [0.717, 1.165) is 15.8 Å². The molecule has 0 unspecified atom stereocenters.